The largest absolute Gasteiger partial charge is 0.267 e. The molecule has 0 aliphatic carbocycles. The Morgan fingerprint density at radius 3 is 2.36 bits per heavy atom. The first-order valence-electron chi connectivity index (χ1n) is 6.64. The lowest BCUT2D eigenvalue weighted by Gasteiger charge is -2.18. The molecule has 0 saturated carbocycles. The monoisotopic (exact) mass is 336 g/mol. The van der Waals surface area contributed by atoms with Crippen molar-refractivity contribution in [2.75, 3.05) is 0 Å². The third kappa shape index (κ3) is 2.65. The maximum Gasteiger partial charge on any atom is 0.267 e. The second-order valence-electron chi connectivity index (χ2n) is 6.08. The number of sulfonamides is 1. The normalized spacial score (nSPS) is 12.9. The zero-order valence-corrected chi connectivity index (χ0v) is 14.1. The molecule has 3 aromatic rings. The molecular formula is C14H16N4O2S2. The van der Waals surface area contributed by atoms with Crippen LogP contribution >= 0.6 is 11.3 Å². The number of hydrogen-bond donors (Lipinski definition) is 1. The highest BCUT2D eigenvalue weighted by Crippen LogP contribution is 2.28. The van der Waals surface area contributed by atoms with Crippen LogP contribution in [-0.2, 0) is 15.4 Å². The Labute approximate surface area is 132 Å². The van der Waals surface area contributed by atoms with Crippen LogP contribution in [0.15, 0.2) is 34.8 Å². The predicted octanol–water partition coefficient (Wildman–Crippen LogP) is 2.40. The van der Waals surface area contributed by atoms with Crippen LogP contribution in [0, 0.1) is 0 Å². The maximum atomic E-state index is 11.4. The van der Waals surface area contributed by atoms with Crippen LogP contribution in [0.5, 0.6) is 0 Å². The molecule has 2 aromatic heterocycles. The number of nitrogens with zero attached hydrogens (tertiary/aromatic N) is 3. The van der Waals surface area contributed by atoms with Gasteiger partial charge in [0.15, 0.2) is 0 Å². The summed E-state index contributed by atoms with van der Waals surface area (Å²) in [6, 6.07) is 8.09. The van der Waals surface area contributed by atoms with Gasteiger partial charge in [-0.15, -0.1) is 5.10 Å². The van der Waals surface area contributed by atoms with Crippen LogP contribution in [0.2, 0.25) is 0 Å². The van der Waals surface area contributed by atoms with E-state index in [1.165, 1.54) is 10.1 Å². The van der Waals surface area contributed by atoms with Crippen molar-refractivity contribution >= 4 is 26.3 Å². The van der Waals surface area contributed by atoms with E-state index in [1.54, 1.807) is 6.20 Å². The van der Waals surface area contributed by atoms with Crippen molar-refractivity contribution < 1.29 is 8.42 Å². The Morgan fingerprint density at radius 2 is 1.82 bits per heavy atom. The molecule has 3 rings (SSSR count). The van der Waals surface area contributed by atoms with E-state index in [2.05, 4.69) is 43.0 Å². The fourth-order valence-electron chi connectivity index (χ4n) is 2.13. The van der Waals surface area contributed by atoms with Gasteiger partial charge in [-0.1, -0.05) is 56.4 Å². The zero-order chi connectivity index (χ0) is 16.1. The molecule has 6 nitrogen and oxygen atoms in total. The summed E-state index contributed by atoms with van der Waals surface area (Å²) >= 11 is 0.955. The number of aromatic nitrogens is 3. The Balaban J connectivity index is 2.09. The number of primary sulfonamides is 1. The summed E-state index contributed by atoms with van der Waals surface area (Å²) in [5.74, 6) is 0. The molecule has 1 aromatic carbocycles. The van der Waals surface area contributed by atoms with E-state index in [4.69, 9.17) is 5.14 Å². The number of nitrogens with two attached hydrogens (primary N) is 1. The number of hydrogen-bond acceptors (Lipinski definition) is 5. The highest BCUT2D eigenvalue weighted by molar-refractivity contribution is 7.91. The minimum absolute atomic E-state index is 0.0761. The minimum Gasteiger partial charge on any atom is -0.225 e. The van der Waals surface area contributed by atoms with Crippen LogP contribution in [0.1, 0.15) is 26.3 Å². The van der Waals surface area contributed by atoms with E-state index < -0.39 is 10.0 Å². The van der Waals surface area contributed by atoms with Crippen molar-refractivity contribution in [2.45, 2.75) is 30.5 Å². The van der Waals surface area contributed by atoms with Crippen LogP contribution in [0.3, 0.4) is 0 Å². The van der Waals surface area contributed by atoms with Gasteiger partial charge >= 0.3 is 0 Å². The van der Waals surface area contributed by atoms with Crippen molar-refractivity contribution in [1.82, 2.24) is 14.6 Å². The molecule has 0 radical (unpaired) electrons. The van der Waals surface area contributed by atoms with Crippen molar-refractivity contribution in [3.8, 4) is 11.3 Å². The first kappa shape index (κ1) is 15.1. The van der Waals surface area contributed by atoms with Gasteiger partial charge in [0, 0.05) is 5.56 Å². The summed E-state index contributed by atoms with van der Waals surface area (Å²) in [6.07, 6.45) is 1.68. The van der Waals surface area contributed by atoms with Crippen LogP contribution in [0.25, 0.3) is 16.2 Å². The average molecular weight is 336 g/mol. The molecule has 0 unspecified atom stereocenters. The highest BCUT2D eigenvalue weighted by Gasteiger charge is 2.19. The molecule has 0 bridgehead atoms. The molecule has 116 valence electrons. The van der Waals surface area contributed by atoms with E-state index in [9.17, 15) is 8.42 Å². The van der Waals surface area contributed by atoms with Crippen LogP contribution in [-0.4, -0.2) is 23.0 Å². The Kier molecular flexibility index (Phi) is 3.35. The molecule has 22 heavy (non-hydrogen) atoms. The summed E-state index contributed by atoms with van der Waals surface area (Å²) in [5.41, 5.74) is 2.96. The quantitative estimate of drug-likeness (QED) is 0.778. The highest BCUT2D eigenvalue weighted by atomic mass is 32.2. The minimum atomic E-state index is -3.81. The van der Waals surface area contributed by atoms with Gasteiger partial charge < -0.3 is 0 Å². The van der Waals surface area contributed by atoms with Crippen molar-refractivity contribution in [3.63, 3.8) is 0 Å². The number of benzene rings is 1. The first-order valence-corrected chi connectivity index (χ1v) is 9.01. The van der Waals surface area contributed by atoms with E-state index >= 15 is 0 Å². The first-order chi connectivity index (χ1) is 10.2. The third-order valence-electron chi connectivity index (χ3n) is 3.36. The van der Waals surface area contributed by atoms with Crippen molar-refractivity contribution in [1.29, 1.82) is 0 Å². The lowest BCUT2D eigenvalue weighted by molar-refractivity contribution is 0.590. The summed E-state index contributed by atoms with van der Waals surface area (Å²) in [6.45, 7) is 6.45. The second-order valence-corrected chi connectivity index (χ2v) is 8.77. The molecule has 0 atom stereocenters. The van der Waals surface area contributed by atoms with Gasteiger partial charge in [-0.05, 0) is 11.0 Å². The van der Waals surface area contributed by atoms with E-state index in [-0.39, 0.29) is 9.75 Å². The molecule has 0 aliphatic heterocycles. The van der Waals surface area contributed by atoms with Gasteiger partial charge in [0.05, 0.1) is 11.9 Å². The predicted molar refractivity (Wildman–Crippen MR) is 86.4 cm³/mol. The van der Waals surface area contributed by atoms with Crippen molar-refractivity contribution in [3.05, 3.63) is 36.0 Å². The SMILES string of the molecule is CC(C)(C)c1ccc(-c2cnc3sc(S(N)(=O)=O)nn23)cc1. The standard InChI is InChI=1S/C14H16N4O2S2/c1-14(2,3)10-6-4-9(5-7-10)11-8-16-12-18(11)17-13(21-12)22(15,19)20/h4-8H,1-3H3,(H2,15,19,20). The summed E-state index contributed by atoms with van der Waals surface area (Å²) < 4.78 is 24.2. The summed E-state index contributed by atoms with van der Waals surface area (Å²) in [7, 11) is -3.81. The van der Waals surface area contributed by atoms with Crippen LogP contribution < -0.4 is 5.14 Å². The van der Waals surface area contributed by atoms with Gasteiger partial charge in [-0.25, -0.2) is 23.1 Å². The van der Waals surface area contributed by atoms with E-state index in [0.717, 1.165) is 22.6 Å². The smallest absolute Gasteiger partial charge is 0.225 e. The molecule has 8 heteroatoms. The molecule has 2 N–H and O–H groups in total. The number of imidazole rings is 1. The third-order valence-corrected chi connectivity index (χ3v) is 5.59. The number of fused-ring (bicyclic) bond motifs is 1. The molecule has 0 fully saturated rings. The maximum absolute atomic E-state index is 11.4. The fourth-order valence-corrected chi connectivity index (χ4v) is 3.62. The molecule has 0 aliphatic rings. The van der Waals surface area contributed by atoms with Gasteiger partial charge in [0.2, 0.25) is 9.30 Å². The zero-order valence-electron chi connectivity index (χ0n) is 12.4. The Bertz CT molecular complexity index is 932. The van der Waals surface area contributed by atoms with E-state index in [1.807, 2.05) is 12.1 Å². The van der Waals surface area contributed by atoms with E-state index in [0.29, 0.717) is 4.96 Å². The van der Waals surface area contributed by atoms with Gasteiger partial charge in [0.25, 0.3) is 10.0 Å². The molecular weight excluding hydrogens is 320 g/mol. The molecule has 2 heterocycles. The Hall–Kier alpha value is -1.77. The molecule has 0 saturated heterocycles. The Morgan fingerprint density at radius 1 is 1.18 bits per heavy atom. The fraction of sp³-hybridized carbons (Fsp3) is 0.286. The van der Waals surface area contributed by atoms with Gasteiger partial charge in [-0.2, -0.15) is 0 Å². The van der Waals surface area contributed by atoms with Gasteiger partial charge in [0.1, 0.15) is 0 Å². The topological polar surface area (TPSA) is 90.3 Å². The number of rotatable bonds is 2. The van der Waals surface area contributed by atoms with Crippen LogP contribution in [0.4, 0.5) is 0 Å². The van der Waals surface area contributed by atoms with Crippen molar-refractivity contribution in [2.24, 2.45) is 5.14 Å². The second kappa shape index (κ2) is 4.87. The molecule has 0 amide bonds. The lowest BCUT2D eigenvalue weighted by Crippen LogP contribution is -2.12. The average Bonchev–Trinajstić information content (AvgIpc) is 2.96. The lowest BCUT2D eigenvalue weighted by atomic mass is 9.86. The summed E-state index contributed by atoms with van der Waals surface area (Å²) in [4.78, 5) is 4.70. The summed E-state index contributed by atoms with van der Waals surface area (Å²) in [5, 5.41) is 9.17. The van der Waals surface area contributed by atoms with Gasteiger partial charge in [-0.3, -0.25) is 0 Å². The molecule has 0 spiro atoms.